The maximum Gasteiger partial charge on any atom is 0.308 e. The smallest absolute Gasteiger partial charge is 0.308 e. The molecule has 1 fully saturated rings. The fraction of sp³-hybridized carbons (Fsp3) is 0.609. The summed E-state index contributed by atoms with van der Waals surface area (Å²) in [5, 5.41) is 21.5. The van der Waals surface area contributed by atoms with Gasteiger partial charge in [0.2, 0.25) is 5.95 Å². The highest BCUT2D eigenvalue weighted by atomic mass is 16.5. The Morgan fingerprint density at radius 2 is 1.59 bits per heavy atom. The Balaban J connectivity index is 1.45. The number of aromatic nitrogens is 3. The van der Waals surface area contributed by atoms with Gasteiger partial charge in [0.25, 0.3) is 0 Å². The van der Waals surface area contributed by atoms with E-state index in [1.54, 1.807) is 32.3 Å². The van der Waals surface area contributed by atoms with E-state index in [0.717, 1.165) is 68.9 Å². The highest BCUT2D eigenvalue weighted by Gasteiger charge is 2.29. The molecule has 2 aromatic heterocycles. The average molecular weight is 444 g/mol. The number of rotatable bonds is 7. The lowest BCUT2D eigenvalue weighted by atomic mass is 9.95. The van der Waals surface area contributed by atoms with E-state index in [0.29, 0.717) is 6.54 Å². The second kappa shape index (κ2) is 9.77. The van der Waals surface area contributed by atoms with Gasteiger partial charge < -0.3 is 19.8 Å². The first kappa shape index (κ1) is 22.4. The van der Waals surface area contributed by atoms with Crippen LogP contribution in [0.15, 0.2) is 18.5 Å². The van der Waals surface area contributed by atoms with Crippen LogP contribution >= 0.6 is 0 Å². The van der Waals surface area contributed by atoms with Crippen molar-refractivity contribution in [1.29, 1.82) is 0 Å². The second-order valence-corrected chi connectivity index (χ2v) is 8.97. The van der Waals surface area contributed by atoms with E-state index in [2.05, 4.69) is 19.8 Å². The summed E-state index contributed by atoms with van der Waals surface area (Å²) in [6.07, 6.45) is 6.55. The van der Waals surface area contributed by atoms with Gasteiger partial charge in [0, 0.05) is 56.2 Å². The van der Waals surface area contributed by atoms with Crippen molar-refractivity contribution in [2.75, 3.05) is 37.6 Å². The lowest BCUT2D eigenvalue weighted by Crippen LogP contribution is -2.50. The van der Waals surface area contributed by atoms with Gasteiger partial charge in [-0.1, -0.05) is 13.8 Å². The van der Waals surface area contributed by atoms with Crippen molar-refractivity contribution in [2.24, 2.45) is 5.92 Å². The van der Waals surface area contributed by atoms with Gasteiger partial charge in [-0.05, 0) is 31.7 Å². The molecule has 1 unspecified atom stereocenters. The van der Waals surface area contributed by atoms with Crippen molar-refractivity contribution < 1.29 is 19.7 Å². The van der Waals surface area contributed by atoms with Crippen molar-refractivity contribution >= 4 is 11.9 Å². The molecule has 174 valence electrons. The Morgan fingerprint density at radius 3 is 2.16 bits per heavy atom. The third-order valence-corrected chi connectivity index (χ3v) is 6.33. The van der Waals surface area contributed by atoms with E-state index in [9.17, 15) is 15.0 Å². The summed E-state index contributed by atoms with van der Waals surface area (Å²) in [5.41, 5.74) is 1.67. The summed E-state index contributed by atoms with van der Waals surface area (Å²) in [4.78, 5) is 25.4. The first-order chi connectivity index (χ1) is 15.4. The number of hydrogen-bond donors (Lipinski definition) is 2. The zero-order valence-electron chi connectivity index (χ0n) is 18.9. The predicted octanol–water partition coefficient (Wildman–Crippen LogP) is 1.96. The zero-order valence-corrected chi connectivity index (χ0v) is 18.9. The SMILES string of the molecule is CC(C)C(=O)OC(CN1CCN(c2ncccn2)CC1)Cn1c(O)c2c(c1O)CCCC2. The molecule has 1 atom stereocenters. The monoisotopic (exact) mass is 443 g/mol. The van der Waals surface area contributed by atoms with Gasteiger partial charge in [-0.2, -0.15) is 0 Å². The molecule has 0 amide bonds. The molecule has 1 saturated heterocycles. The maximum atomic E-state index is 12.4. The molecule has 0 saturated carbocycles. The Kier molecular flexibility index (Phi) is 6.83. The highest BCUT2D eigenvalue weighted by molar-refractivity contribution is 5.71. The van der Waals surface area contributed by atoms with Gasteiger partial charge >= 0.3 is 5.97 Å². The van der Waals surface area contributed by atoms with Crippen molar-refractivity contribution in [3.63, 3.8) is 0 Å². The van der Waals surface area contributed by atoms with Gasteiger partial charge in [0.15, 0.2) is 11.8 Å². The standard InChI is InChI=1S/C23H33N5O4/c1-16(2)22(31)32-17(15-28-20(29)18-6-3-4-7-19(18)21(28)30)14-26-10-12-27(13-11-26)23-24-8-5-9-25-23/h5,8-9,16-17,29-30H,3-4,6-7,10-15H2,1-2H3. The van der Waals surface area contributed by atoms with Crippen molar-refractivity contribution in [2.45, 2.75) is 52.2 Å². The van der Waals surface area contributed by atoms with Crippen molar-refractivity contribution in [1.82, 2.24) is 19.4 Å². The van der Waals surface area contributed by atoms with E-state index in [4.69, 9.17) is 4.74 Å². The summed E-state index contributed by atoms with van der Waals surface area (Å²) < 4.78 is 7.33. The fourth-order valence-electron chi connectivity index (χ4n) is 4.51. The molecule has 0 aromatic carbocycles. The Morgan fingerprint density at radius 1 is 1.00 bits per heavy atom. The number of piperazine rings is 1. The predicted molar refractivity (Wildman–Crippen MR) is 120 cm³/mol. The Bertz CT molecular complexity index is 893. The van der Waals surface area contributed by atoms with Crippen LogP contribution in [0.3, 0.4) is 0 Å². The molecule has 2 aliphatic rings. The number of carbonyl (C=O) groups is 1. The molecule has 9 heteroatoms. The molecule has 9 nitrogen and oxygen atoms in total. The highest BCUT2D eigenvalue weighted by Crippen LogP contribution is 2.38. The molecule has 0 bridgehead atoms. The number of hydrogen-bond acceptors (Lipinski definition) is 8. The normalized spacial score (nSPS) is 17.9. The molecular weight excluding hydrogens is 410 g/mol. The molecule has 2 aromatic rings. The first-order valence-corrected chi connectivity index (χ1v) is 11.5. The largest absolute Gasteiger partial charge is 0.494 e. The van der Waals surface area contributed by atoms with Crippen molar-refractivity contribution in [3.05, 3.63) is 29.6 Å². The number of esters is 1. The summed E-state index contributed by atoms with van der Waals surface area (Å²) in [6, 6.07) is 1.80. The van der Waals surface area contributed by atoms with E-state index in [1.807, 2.05) is 0 Å². The Hall–Kier alpha value is -2.81. The first-order valence-electron chi connectivity index (χ1n) is 11.5. The summed E-state index contributed by atoms with van der Waals surface area (Å²) in [5.74, 6) is 0.414. The van der Waals surface area contributed by atoms with E-state index in [-0.39, 0.29) is 30.2 Å². The lowest BCUT2D eigenvalue weighted by molar-refractivity contribution is -0.154. The van der Waals surface area contributed by atoms with Crippen LogP contribution in [0.1, 0.15) is 37.8 Å². The number of fused-ring (bicyclic) bond motifs is 1. The van der Waals surface area contributed by atoms with E-state index < -0.39 is 6.10 Å². The minimum Gasteiger partial charge on any atom is -0.494 e. The van der Waals surface area contributed by atoms with Crippen LogP contribution in [-0.4, -0.2) is 74.4 Å². The van der Waals surface area contributed by atoms with Gasteiger partial charge in [0.05, 0.1) is 12.5 Å². The van der Waals surface area contributed by atoms with Crippen molar-refractivity contribution in [3.8, 4) is 11.8 Å². The van der Waals surface area contributed by atoms with E-state index >= 15 is 0 Å². The minimum absolute atomic E-state index is 0.105. The molecular formula is C23H33N5O4. The second-order valence-electron chi connectivity index (χ2n) is 8.97. The molecule has 3 heterocycles. The van der Waals surface area contributed by atoms with Crippen LogP contribution < -0.4 is 4.90 Å². The summed E-state index contributed by atoms with van der Waals surface area (Å²) in [7, 11) is 0. The van der Waals surface area contributed by atoms with Crippen LogP contribution in [0.2, 0.25) is 0 Å². The average Bonchev–Trinajstić information content (AvgIpc) is 3.05. The minimum atomic E-state index is -0.477. The zero-order chi connectivity index (χ0) is 22.7. The molecule has 1 aliphatic carbocycles. The summed E-state index contributed by atoms with van der Waals surface area (Å²) >= 11 is 0. The van der Waals surface area contributed by atoms with Gasteiger partial charge in [0.1, 0.15) is 6.10 Å². The third-order valence-electron chi connectivity index (χ3n) is 6.33. The Labute approximate surface area is 188 Å². The summed E-state index contributed by atoms with van der Waals surface area (Å²) in [6.45, 7) is 7.51. The van der Waals surface area contributed by atoms with Gasteiger partial charge in [-0.25, -0.2) is 9.97 Å². The molecule has 0 radical (unpaired) electrons. The van der Waals surface area contributed by atoms with Gasteiger partial charge in [-0.15, -0.1) is 0 Å². The number of ether oxygens (including phenoxy) is 1. The van der Waals surface area contributed by atoms with Crippen LogP contribution in [0.4, 0.5) is 5.95 Å². The number of aromatic hydroxyl groups is 2. The molecule has 1 aliphatic heterocycles. The molecule has 0 spiro atoms. The number of carbonyl (C=O) groups excluding carboxylic acids is 1. The number of anilines is 1. The molecule has 2 N–H and O–H groups in total. The lowest BCUT2D eigenvalue weighted by Gasteiger charge is -2.36. The fourth-order valence-corrected chi connectivity index (χ4v) is 4.51. The van der Waals surface area contributed by atoms with Crippen LogP contribution in [0.25, 0.3) is 0 Å². The number of nitrogens with zero attached hydrogens (tertiary/aromatic N) is 5. The topological polar surface area (TPSA) is 104 Å². The van der Waals surface area contributed by atoms with Crippen LogP contribution in [-0.2, 0) is 28.9 Å². The third kappa shape index (κ3) is 4.82. The van der Waals surface area contributed by atoms with Crippen LogP contribution in [0, 0.1) is 5.92 Å². The quantitative estimate of drug-likeness (QED) is 0.626. The van der Waals surface area contributed by atoms with Crippen LogP contribution in [0.5, 0.6) is 11.8 Å². The molecule has 32 heavy (non-hydrogen) atoms. The molecule has 4 rings (SSSR count). The van der Waals surface area contributed by atoms with Gasteiger partial charge in [-0.3, -0.25) is 14.3 Å². The van der Waals surface area contributed by atoms with E-state index in [1.165, 1.54) is 4.57 Å². The maximum absolute atomic E-state index is 12.4.